The van der Waals surface area contributed by atoms with Crippen molar-refractivity contribution in [2.75, 3.05) is 11.9 Å². The van der Waals surface area contributed by atoms with Gasteiger partial charge in [0.05, 0.1) is 16.5 Å². The number of thiazole rings is 1. The summed E-state index contributed by atoms with van der Waals surface area (Å²) in [7, 11) is 0. The highest BCUT2D eigenvalue weighted by Gasteiger charge is 2.24. The van der Waals surface area contributed by atoms with Crippen LogP contribution in [-0.4, -0.2) is 22.5 Å². The number of nitrogens with zero attached hydrogens (tertiary/aromatic N) is 2. The Labute approximate surface area is 143 Å². The first-order valence-electron chi connectivity index (χ1n) is 6.35. The predicted molar refractivity (Wildman–Crippen MR) is 91.8 cm³/mol. The monoisotopic (exact) mass is 399 g/mol. The lowest BCUT2D eigenvalue weighted by Crippen LogP contribution is -2.35. The lowest BCUT2D eigenvalue weighted by atomic mass is 10.1. The highest BCUT2D eigenvalue weighted by atomic mass is 79.9. The van der Waals surface area contributed by atoms with Crippen molar-refractivity contribution < 1.29 is 9.18 Å². The molecular formula is C14H11BrFN3OS2. The summed E-state index contributed by atoms with van der Waals surface area (Å²) in [5.74, 6) is -0.578. The first kappa shape index (κ1) is 15.4. The molecule has 1 aliphatic heterocycles. The standard InChI is InChI=1S/C14H11BrFN3OS2/c1-8-4-5-21-12(8)9-2-3-11(16)19(7-9)14(20)18-13-17-6-10(15)22-13/h2-6H,7H2,1H3,(H,17,18,20). The van der Waals surface area contributed by atoms with Gasteiger partial charge in [-0.2, -0.15) is 4.39 Å². The second kappa shape index (κ2) is 6.31. The first-order chi connectivity index (χ1) is 10.5. The highest BCUT2D eigenvalue weighted by molar-refractivity contribution is 9.11. The molecular weight excluding hydrogens is 389 g/mol. The number of halogens is 2. The molecule has 0 radical (unpaired) electrons. The lowest BCUT2D eigenvalue weighted by molar-refractivity contribution is 0.218. The number of aromatic nitrogens is 1. The minimum absolute atomic E-state index is 0.196. The van der Waals surface area contributed by atoms with Gasteiger partial charge in [0.2, 0.25) is 0 Å². The average molecular weight is 400 g/mol. The Morgan fingerprint density at radius 2 is 2.32 bits per heavy atom. The van der Waals surface area contributed by atoms with Crippen LogP contribution in [0.4, 0.5) is 14.3 Å². The summed E-state index contributed by atoms with van der Waals surface area (Å²) in [5, 5.41) is 5.01. The van der Waals surface area contributed by atoms with Gasteiger partial charge in [-0.3, -0.25) is 10.2 Å². The van der Waals surface area contributed by atoms with Crippen LogP contribution in [0.25, 0.3) is 5.57 Å². The van der Waals surface area contributed by atoms with E-state index in [4.69, 9.17) is 0 Å². The van der Waals surface area contributed by atoms with Crippen molar-refractivity contribution in [3.05, 3.63) is 50.0 Å². The molecule has 2 amide bonds. The van der Waals surface area contributed by atoms with Crippen LogP contribution in [0.1, 0.15) is 10.4 Å². The molecule has 4 nitrogen and oxygen atoms in total. The third kappa shape index (κ3) is 3.13. The molecule has 0 spiro atoms. The third-order valence-electron chi connectivity index (χ3n) is 3.10. The molecule has 2 aromatic rings. The molecule has 0 atom stereocenters. The van der Waals surface area contributed by atoms with Crippen molar-refractivity contribution in [2.45, 2.75) is 6.92 Å². The smallest absolute Gasteiger partial charge is 0.283 e. The quantitative estimate of drug-likeness (QED) is 0.720. The van der Waals surface area contributed by atoms with Gasteiger partial charge >= 0.3 is 6.03 Å². The summed E-state index contributed by atoms with van der Waals surface area (Å²) >= 11 is 6.13. The zero-order valence-electron chi connectivity index (χ0n) is 11.5. The van der Waals surface area contributed by atoms with Crippen LogP contribution in [-0.2, 0) is 0 Å². The van der Waals surface area contributed by atoms with Crippen LogP contribution >= 0.6 is 38.6 Å². The van der Waals surface area contributed by atoms with Crippen LogP contribution in [0.3, 0.4) is 0 Å². The molecule has 0 fully saturated rings. The lowest BCUT2D eigenvalue weighted by Gasteiger charge is -2.24. The molecule has 1 aliphatic rings. The van der Waals surface area contributed by atoms with Gasteiger partial charge in [0.15, 0.2) is 11.1 Å². The van der Waals surface area contributed by atoms with E-state index in [1.54, 1.807) is 23.6 Å². The fourth-order valence-electron chi connectivity index (χ4n) is 2.05. The Bertz CT molecular complexity index is 781. The minimum atomic E-state index is -0.578. The summed E-state index contributed by atoms with van der Waals surface area (Å²) in [5.41, 5.74) is 2.04. The van der Waals surface area contributed by atoms with E-state index in [-0.39, 0.29) is 6.54 Å². The molecule has 3 rings (SSSR count). The molecule has 2 aromatic heterocycles. The number of aryl methyl sites for hydroxylation is 1. The third-order valence-corrected chi connectivity index (χ3v) is 5.58. The van der Waals surface area contributed by atoms with Crippen molar-refractivity contribution in [3.8, 4) is 0 Å². The maximum Gasteiger partial charge on any atom is 0.330 e. The Kier molecular flexibility index (Phi) is 4.42. The molecule has 0 unspecified atom stereocenters. The van der Waals surface area contributed by atoms with Gasteiger partial charge in [-0.15, -0.1) is 11.3 Å². The van der Waals surface area contributed by atoms with E-state index in [0.717, 1.165) is 24.7 Å². The van der Waals surface area contributed by atoms with E-state index in [1.165, 1.54) is 17.4 Å². The molecule has 114 valence electrons. The number of carbonyl (C=O) groups is 1. The van der Waals surface area contributed by atoms with Gasteiger partial charge in [-0.25, -0.2) is 9.78 Å². The van der Waals surface area contributed by atoms with Crippen LogP contribution in [0, 0.1) is 6.92 Å². The summed E-state index contributed by atoms with van der Waals surface area (Å²) in [6, 6.07) is 1.47. The van der Waals surface area contributed by atoms with Crippen molar-refractivity contribution in [3.63, 3.8) is 0 Å². The number of anilines is 1. The molecule has 3 heterocycles. The number of carbonyl (C=O) groups excluding carboxylic acids is 1. The van der Waals surface area contributed by atoms with Gasteiger partial charge in [0, 0.05) is 4.88 Å². The molecule has 22 heavy (non-hydrogen) atoms. The van der Waals surface area contributed by atoms with Gasteiger partial charge in [0.1, 0.15) is 0 Å². The fraction of sp³-hybridized carbons (Fsp3) is 0.143. The Morgan fingerprint density at radius 1 is 1.50 bits per heavy atom. The molecule has 0 saturated carbocycles. The Morgan fingerprint density at radius 3 is 2.95 bits per heavy atom. The number of rotatable bonds is 2. The van der Waals surface area contributed by atoms with Crippen LogP contribution in [0.15, 0.2) is 39.5 Å². The van der Waals surface area contributed by atoms with E-state index < -0.39 is 12.0 Å². The Hall–Kier alpha value is -1.51. The van der Waals surface area contributed by atoms with Crippen molar-refractivity contribution in [1.29, 1.82) is 0 Å². The number of hydrogen-bond acceptors (Lipinski definition) is 4. The van der Waals surface area contributed by atoms with Crippen molar-refractivity contribution in [1.82, 2.24) is 9.88 Å². The number of hydrogen-bond donors (Lipinski definition) is 1. The Balaban J connectivity index is 1.77. The van der Waals surface area contributed by atoms with E-state index in [9.17, 15) is 9.18 Å². The number of nitrogens with one attached hydrogen (secondary N) is 1. The summed E-state index contributed by atoms with van der Waals surface area (Å²) < 4.78 is 14.8. The van der Waals surface area contributed by atoms with E-state index in [2.05, 4.69) is 26.2 Å². The normalized spacial score (nSPS) is 14.6. The second-order valence-corrected chi connectivity index (χ2v) is 7.93. The number of allylic oxidation sites excluding steroid dienone is 2. The van der Waals surface area contributed by atoms with Gasteiger partial charge in [-0.05, 0) is 51.5 Å². The van der Waals surface area contributed by atoms with Gasteiger partial charge < -0.3 is 0 Å². The first-order valence-corrected chi connectivity index (χ1v) is 8.84. The summed E-state index contributed by atoms with van der Waals surface area (Å²) in [6.07, 6.45) is 4.62. The second-order valence-electron chi connectivity index (χ2n) is 4.60. The molecule has 1 N–H and O–H groups in total. The maximum atomic E-state index is 14.0. The van der Waals surface area contributed by atoms with Crippen molar-refractivity contribution >= 4 is 55.3 Å². The molecule has 8 heteroatoms. The van der Waals surface area contributed by atoms with Crippen LogP contribution in [0.2, 0.25) is 0 Å². The molecule has 0 aromatic carbocycles. The van der Waals surface area contributed by atoms with Gasteiger partial charge in [0.25, 0.3) is 0 Å². The number of amides is 2. The predicted octanol–water partition coefficient (Wildman–Crippen LogP) is 5.02. The average Bonchev–Trinajstić information content (AvgIpc) is 3.08. The maximum absolute atomic E-state index is 14.0. The fourth-order valence-corrected chi connectivity index (χ4v) is 4.09. The van der Waals surface area contributed by atoms with Crippen LogP contribution < -0.4 is 5.32 Å². The van der Waals surface area contributed by atoms with Crippen molar-refractivity contribution in [2.24, 2.45) is 0 Å². The van der Waals surface area contributed by atoms with Gasteiger partial charge in [-0.1, -0.05) is 17.4 Å². The zero-order valence-corrected chi connectivity index (χ0v) is 14.7. The number of thiophene rings is 1. The molecule has 0 aliphatic carbocycles. The van der Waals surface area contributed by atoms with Crippen LogP contribution in [0.5, 0.6) is 0 Å². The van der Waals surface area contributed by atoms with E-state index in [1.807, 2.05) is 18.4 Å². The van der Waals surface area contributed by atoms with E-state index in [0.29, 0.717) is 5.13 Å². The zero-order chi connectivity index (χ0) is 15.7. The molecule has 0 bridgehead atoms. The topological polar surface area (TPSA) is 45.2 Å². The summed E-state index contributed by atoms with van der Waals surface area (Å²) in [6.45, 7) is 2.20. The highest BCUT2D eigenvalue weighted by Crippen LogP contribution is 2.30. The summed E-state index contributed by atoms with van der Waals surface area (Å²) in [4.78, 5) is 18.4. The van der Waals surface area contributed by atoms with E-state index >= 15 is 0 Å². The number of urea groups is 1. The SMILES string of the molecule is Cc1ccsc1C1=CC=C(F)N(C(=O)Nc2ncc(Br)s2)C1. The minimum Gasteiger partial charge on any atom is -0.283 e. The molecule has 0 saturated heterocycles. The largest absolute Gasteiger partial charge is 0.330 e.